The van der Waals surface area contributed by atoms with Crippen molar-refractivity contribution in [3.8, 4) is 17.2 Å². The average molecular weight is 391 g/mol. The molecule has 0 bridgehead atoms. The topological polar surface area (TPSA) is 83.1 Å². The van der Waals surface area contributed by atoms with E-state index in [2.05, 4.69) is 14.8 Å². The zero-order chi connectivity index (χ0) is 20.1. The smallest absolute Gasteiger partial charge is 0.497 e. The van der Waals surface area contributed by atoms with Crippen LogP contribution in [0.25, 0.3) is 6.08 Å². The molecule has 0 radical (unpaired) electrons. The Morgan fingerprint density at radius 2 is 1.93 bits per heavy atom. The molecular weight excluding hydrogens is 376 g/mol. The molecule has 0 aromatic heterocycles. The van der Waals surface area contributed by atoms with E-state index < -0.39 is 24.8 Å². The Labute approximate surface area is 158 Å². The number of ether oxygens (including phenoxy) is 4. The van der Waals surface area contributed by atoms with E-state index in [1.54, 1.807) is 24.3 Å². The molecule has 0 spiro atoms. The van der Waals surface area contributed by atoms with Crippen LogP contribution in [-0.2, 0) is 14.3 Å². The summed E-state index contributed by atoms with van der Waals surface area (Å²) in [5.41, 5.74) is 0.908. The van der Waals surface area contributed by atoms with E-state index in [0.717, 1.165) is 5.56 Å². The number of benzene rings is 2. The van der Waals surface area contributed by atoms with Gasteiger partial charge in [0.05, 0.1) is 7.11 Å². The van der Waals surface area contributed by atoms with Crippen LogP contribution >= 0.6 is 0 Å². The third-order valence-corrected chi connectivity index (χ3v) is 3.54. The molecule has 3 rings (SSSR count). The molecule has 146 valence electrons. The highest BCUT2D eigenvalue weighted by Crippen LogP contribution is 2.42. The normalized spacial score (nSPS) is 14.0. The second-order valence-corrected chi connectivity index (χ2v) is 5.59. The number of carbonyl (C=O) groups is 2. The molecule has 2 aromatic carbocycles. The SMILES string of the molecule is COc1cccc(/C=C/C(=O)OCC(=O)Nc2ccc3c(c2)OC(F)(F)O3)c1. The largest absolute Gasteiger partial charge is 0.586 e. The lowest BCUT2D eigenvalue weighted by atomic mass is 10.2. The highest BCUT2D eigenvalue weighted by atomic mass is 19.3. The van der Waals surface area contributed by atoms with E-state index in [1.807, 2.05) is 0 Å². The molecular formula is C19H15F2NO6. The Morgan fingerprint density at radius 1 is 1.14 bits per heavy atom. The third-order valence-electron chi connectivity index (χ3n) is 3.54. The Kier molecular flexibility index (Phi) is 5.44. The number of hydrogen-bond donors (Lipinski definition) is 1. The Balaban J connectivity index is 1.49. The molecule has 0 aliphatic carbocycles. The number of fused-ring (bicyclic) bond motifs is 1. The third kappa shape index (κ3) is 4.97. The van der Waals surface area contributed by atoms with Gasteiger partial charge in [0.1, 0.15) is 5.75 Å². The van der Waals surface area contributed by atoms with Crippen molar-refractivity contribution in [1.29, 1.82) is 0 Å². The number of methoxy groups -OCH3 is 1. The predicted molar refractivity (Wildman–Crippen MR) is 94.3 cm³/mol. The summed E-state index contributed by atoms with van der Waals surface area (Å²) in [6.45, 7) is -0.550. The molecule has 1 heterocycles. The van der Waals surface area contributed by atoms with E-state index in [4.69, 9.17) is 9.47 Å². The standard InChI is InChI=1S/C19H15F2NO6/c1-25-14-4-2-3-12(9-14)5-8-18(24)26-11-17(23)22-13-6-7-15-16(10-13)28-19(20,21)27-15/h2-10H,11H2,1H3,(H,22,23)/b8-5+. The number of hydrogen-bond acceptors (Lipinski definition) is 6. The van der Waals surface area contributed by atoms with Crippen molar-refractivity contribution >= 4 is 23.6 Å². The fraction of sp³-hybridized carbons (Fsp3) is 0.158. The van der Waals surface area contributed by atoms with E-state index in [-0.39, 0.29) is 17.2 Å². The first-order valence-corrected chi connectivity index (χ1v) is 8.03. The maximum absolute atomic E-state index is 13.0. The molecule has 0 fully saturated rings. The number of carbonyl (C=O) groups excluding carboxylic acids is 2. The lowest BCUT2D eigenvalue weighted by Gasteiger charge is -2.06. The summed E-state index contributed by atoms with van der Waals surface area (Å²) >= 11 is 0. The van der Waals surface area contributed by atoms with Gasteiger partial charge in [-0.3, -0.25) is 4.79 Å². The number of halogens is 2. The van der Waals surface area contributed by atoms with Gasteiger partial charge in [-0.05, 0) is 35.9 Å². The summed E-state index contributed by atoms with van der Waals surface area (Å²) in [5, 5.41) is 2.41. The molecule has 0 saturated heterocycles. The van der Waals surface area contributed by atoms with Gasteiger partial charge in [0.15, 0.2) is 18.1 Å². The average Bonchev–Trinajstić information content (AvgIpc) is 2.98. The minimum absolute atomic E-state index is 0.142. The first-order valence-electron chi connectivity index (χ1n) is 8.03. The highest BCUT2D eigenvalue weighted by Gasteiger charge is 2.43. The number of amides is 1. The van der Waals surface area contributed by atoms with Crippen molar-refractivity contribution in [2.45, 2.75) is 6.29 Å². The van der Waals surface area contributed by atoms with Crippen LogP contribution in [0.4, 0.5) is 14.5 Å². The van der Waals surface area contributed by atoms with E-state index in [1.165, 1.54) is 37.5 Å². The quantitative estimate of drug-likeness (QED) is 0.602. The molecule has 9 heteroatoms. The van der Waals surface area contributed by atoms with Crippen LogP contribution in [0.1, 0.15) is 5.56 Å². The summed E-state index contributed by atoms with van der Waals surface area (Å²) in [5.74, 6) is -1.08. The summed E-state index contributed by atoms with van der Waals surface area (Å²) < 4.78 is 44.4. The summed E-state index contributed by atoms with van der Waals surface area (Å²) in [6.07, 6.45) is -1.05. The van der Waals surface area contributed by atoms with E-state index >= 15 is 0 Å². The van der Waals surface area contributed by atoms with Gasteiger partial charge < -0.3 is 24.3 Å². The number of anilines is 1. The molecule has 1 aliphatic heterocycles. The maximum Gasteiger partial charge on any atom is 0.586 e. The number of esters is 1. The minimum Gasteiger partial charge on any atom is -0.497 e. The molecule has 28 heavy (non-hydrogen) atoms. The van der Waals surface area contributed by atoms with Crippen LogP contribution in [-0.4, -0.2) is 31.9 Å². The molecule has 7 nitrogen and oxygen atoms in total. The van der Waals surface area contributed by atoms with Crippen molar-refractivity contribution in [3.63, 3.8) is 0 Å². The van der Waals surface area contributed by atoms with E-state index in [9.17, 15) is 18.4 Å². The zero-order valence-electron chi connectivity index (χ0n) is 14.6. The lowest BCUT2D eigenvalue weighted by molar-refractivity contribution is -0.286. The minimum atomic E-state index is -3.74. The first kappa shape index (κ1) is 19.2. The van der Waals surface area contributed by atoms with Gasteiger partial charge in [-0.15, -0.1) is 8.78 Å². The van der Waals surface area contributed by atoms with Gasteiger partial charge in [-0.1, -0.05) is 12.1 Å². The first-order chi connectivity index (χ1) is 13.3. The zero-order valence-corrected chi connectivity index (χ0v) is 14.6. The number of nitrogens with one attached hydrogen (secondary N) is 1. The van der Waals surface area contributed by atoms with Crippen molar-refractivity contribution in [3.05, 3.63) is 54.1 Å². The van der Waals surface area contributed by atoms with Crippen molar-refractivity contribution in [2.24, 2.45) is 0 Å². The van der Waals surface area contributed by atoms with Gasteiger partial charge >= 0.3 is 12.3 Å². The summed E-state index contributed by atoms with van der Waals surface area (Å²) in [6, 6.07) is 10.8. The second-order valence-electron chi connectivity index (χ2n) is 5.59. The maximum atomic E-state index is 13.0. The molecule has 2 aromatic rings. The Bertz CT molecular complexity index is 928. The molecule has 0 saturated carbocycles. The van der Waals surface area contributed by atoms with Crippen LogP contribution < -0.4 is 19.5 Å². The molecule has 1 aliphatic rings. The molecule has 1 N–H and O–H groups in total. The monoisotopic (exact) mass is 391 g/mol. The van der Waals surface area contributed by atoms with Crippen molar-refractivity contribution in [1.82, 2.24) is 0 Å². The molecule has 0 atom stereocenters. The molecule has 0 unspecified atom stereocenters. The van der Waals surface area contributed by atoms with Crippen molar-refractivity contribution < 1.29 is 37.3 Å². The van der Waals surface area contributed by atoms with Gasteiger partial charge in [0, 0.05) is 17.8 Å². The Morgan fingerprint density at radius 3 is 2.71 bits per heavy atom. The molecule has 1 amide bonds. The fourth-order valence-electron chi connectivity index (χ4n) is 2.32. The number of alkyl halides is 2. The summed E-state index contributed by atoms with van der Waals surface area (Å²) in [4.78, 5) is 23.6. The Hall–Kier alpha value is -3.62. The number of rotatable bonds is 6. The lowest BCUT2D eigenvalue weighted by Crippen LogP contribution is -2.25. The van der Waals surface area contributed by atoms with Crippen LogP contribution in [0.2, 0.25) is 0 Å². The van der Waals surface area contributed by atoms with Gasteiger partial charge in [-0.25, -0.2) is 4.79 Å². The summed E-state index contributed by atoms with van der Waals surface area (Å²) in [7, 11) is 1.53. The van der Waals surface area contributed by atoms with E-state index in [0.29, 0.717) is 5.75 Å². The van der Waals surface area contributed by atoms with Crippen LogP contribution in [0.3, 0.4) is 0 Å². The second kappa shape index (κ2) is 7.95. The predicted octanol–water partition coefficient (Wildman–Crippen LogP) is 3.21. The fourth-order valence-corrected chi connectivity index (χ4v) is 2.32. The van der Waals surface area contributed by atoms with Crippen molar-refractivity contribution in [2.75, 3.05) is 19.0 Å². The van der Waals surface area contributed by atoms with Crippen LogP contribution in [0.15, 0.2) is 48.5 Å². The van der Waals surface area contributed by atoms with Crippen LogP contribution in [0.5, 0.6) is 17.2 Å². The van der Waals surface area contributed by atoms with Gasteiger partial charge in [0.2, 0.25) is 0 Å². The van der Waals surface area contributed by atoms with Crippen LogP contribution in [0, 0.1) is 0 Å². The van der Waals surface area contributed by atoms with Gasteiger partial charge in [-0.2, -0.15) is 0 Å². The highest BCUT2D eigenvalue weighted by molar-refractivity contribution is 5.94. The van der Waals surface area contributed by atoms with Gasteiger partial charge in [0.25, 0.3) is 5.91 Å².